The van der Waals surface area contributed by atoms with E-state index in [0.717, 1.165) is 31.4 Å². The minimum atomic E-state index is -4.33. The summed E-state index contributed by atoms with van der Waals surface area (Å²) in [4.78, 5) is 4.11. The first-order chi connectivity index (χ1) is 10.9. The average molecular weight is 459 g/mol. The highest BCUT2D eigenvalue weighted by Crippen LogP contribution is 2.19. The van der Waals surface area contributed by atoms with E-state index >= 15 is 0 Å². The van der Waals surface area contributed by atoms with Crippen LogP contribution in [0.2, 0.25) is 0 Å². The number of hydrogen-bond acceptors (Lipinski definition) is 2. The molecular weight excluding hydrogens is 434 g/mol. The van der Waals surface area contributed by atoms with Crippen molar-refractivity contribution in [1.82, 2.24) is 10.6 Å². The Labute approximate surface area is 158 Å². The van der Waals surface area contributed by atoms with Crippen molar-refractivity contribution in [2.45, 2.75) is 38.9 Å². The van der Waals surface area contributed by atoms with Gasteiger partial charge in [0.15, 0.2) is 12.6 Å². The molecule has 0 radical (unpaired) electrons. The van der Waals surface area contributed by atoms with E-state index in [-0.39, 0.29) is 29.7 Å². The number of unbranched alkanes of at least 4 members (excludes halogenated alkanes) is 2. The van der Waals surface area contributed by atoms with Crippen LogP contribution in [0.5, 0.6) is 5.75 Å². The van der Waals surface area contributed by atoms with Crippen LogP contribution in [-0.4, -0.2) is 32.3 Å². The Morgan fingerprint density at radius 2 is 1.96 bits per heavy atom. The van der Waals surface area contributed by atoms with Gasteiger partial charge in [0.25, 0.3) is 0 Å². The van der Waals surface area contributed by atoms with Gasteiger partial charge in [-0.1, -0.05) is 31.9 Å². The van der Waals surface area contributed by atoms with Crippen LogP contribution in [0.4, 0.5) is 13.2 Å². The highest BCUT2D eigenvalue weighted by Gasteiger charge is 2.28. The van der Waals surface area contributed by atoms with Gasteiger partial charge in [-0.2, -0.15) is 13.2 Å². The molecule has 2 N–H and O–H groups in total. The summed E-state index contributed by atoms with van der Waals surface area (Å²) in [6, 6.07) is 6.58. The molecule has 0 aromatic heterocycles. The van der Waals surface area contributed by atoms with Gasteiger partial charge in [-0.25, -0.2) is 0 Å². The largest absolute Gasteiger partial charge is 0.484 e. The van der Waals surface area contributed by atoms with Crippen LogP contribution >= 0.6 is 24.0 Å². The van der Waals surface area contributed by atoms with Gasteiger partial charge in [-0.15, -0.1) is 24.0 Å². The molecule has 0 heterocycles. The minimum Gasteiger partial charge on any atom is -0.484 e. The second kappa shape index (κ2) is 12.2. The Kier molecular flexibility index (Phi) is 11.6. The summed E-state index contributed by atoms with van der Waals surface area (Å²) in [6.45, 7) is 2.14. The fourth-order valence-electron chi connectivity index (χ4n) is 1.90. The molecule has 24 heavy (non-hydrogen) atoms. The van der Waals surface area contributed by atoms with Crippen LogP contribution < -0.4 is 15.4 Å². The van der Waals surface area contributed by atoms with Crippen molar-refractivity contribution in [2.24, 2.45) is 4.99 Å². The first kappa shape index (κ1) is 22.8. The molecule has 8 heteroatoms. The van der Waals surface area contributed by atoms with E-state index in [4.69, 9.17) is 4.74 Å². The third-order valence-electron chi connectivity index (χ3n) is 3.06. The maximum absolute atomic E-state index is 12.2. The van der Waals surface area contributed by atoms with Crippen LogP contribution in [0.3, 0.4) is 0 Å². The third kappa shape index (κ3) is 10.6. The van der Waals surface area contributed by atoms with Gasteiger partial charge in [0.1, 0.15) is 5.75 Å². The first-order valence-corrected chi connectivity index (χ1v) is 7.67. The fourth-order valence-corrected chi connectivity index (χ4v) is 1.90. The molecule has 1 rings (SSSR count). The first-order valence-electron chi connectivity index (χ1n) is 7.67. The molecule has 0 atom stereocenters. The Bertz CT molecular complexity index is 496. The topological polar surface area (TPSA) is 45.7 Å². The van der Waals surface area contributed by atoms with Crippen molar-refractivity contribution < 1.29 is 17.9 Å². The molecule has 138 valence electrons. The molecule has 0 saturated carbocycles. The van der Waals surface area contributed by atoms with E-state index in [0.29, 0.717) is 12.5 Å². The summed E-state index contributed by atoms with van der Waals surface area (Å²) in [5, 5.41) is 6.32. The molecule has 0 aliphatic rings. The van der Waals surface area contributed by atoms with Crippen molar-refractivity contribution in [3.8, 4) is 5.75 Å². The van der Waals surface area contributed by atoms with E-state index in [1.54, 1.807) is 19.2 Å². The number of nitrogens with one attached hydrogen (secondary N) is 2. The van der Waals surface area contributed by atoms with Crippen molar-refractivity contribution in [3.05, 3.63) is 29.8 Å². The molecule has 0 unspecified atom stereocenters. The molecule has 1 aromatic carbocycles. The van der Waals surface area contributed by atoms with Gasteiger partial charge in [0.2, 0.25) is 0 Å². The average Bonchev–Trinajstić information content (AvgIpc) is 2.52. The summed E-state index contributed by atoms with van der Waals surface area (Å²) in [5.41, 5.74) is 0.821. The van der Waals surface area contributed by atoms with Crippen molar-refractivity contribution in [1.29, 1.82) is 0 Å². The number of alkyl halides is 3. The third-order valence-corrected chi connectivity index (χ3v) is 3.06. The molecule has 0 aliphatic heterocycles. The van der Waals surface area contributed by atoms with E-state index in [9.17, 15) is 13.2 Å². The number of benzene rings is 1. The normalized spacial score (nSPS) is 11.6. The quantitative estimate of drug-likeness (QED) is 0.266. The van der Waals surface area contributed by atoms with E-state index in [1.807, 2.05) is 6.07 Å². The molecule has 4 nitrogen and oxygen atoms in total. The van der Waals surface area contributed by atoms with Crippen molar-refractivity contribution in [3.63, 3.8) is 0 Å². The maximum atomic E-state index is 12.2. The predicted octanol–water partition coefficient (Wildman–Crippen LogP) is 4.10. The fraction of sp³-hybridized carbons (Fsp3) is 0.562. The molecule has 0 aliphatic carbocycles. The lowest BCUT2D eigenvalue weighted by atomic mass is 10.2. The summed E-state index contributed by atoms with van der Waals surface area (Å²) in [7, 11) is 1.68. The van der Waals surface area contributed by atoms with Crippen molar-refractivity contribution in [2.75, 3.05) is 20.2 Å². The highest BCUT2D eigenvalue weighted by molar-refractivity contribution is 14.0. The van der Waals surface area contributed by atoms with Gasteiger partial charge in [0.05, 0.1) is 0 Å². The van der Waals surface area contributed by atoms with Gasteiger partial charge >= 0.3 is 6.18 Å². The van der Waals surface area contributed by atoms with Gasteiger partial charge in [-0.05, 0) is 24.1 Å². The molecule has 0 spiro atoms. The Balaban J connectivity index is 0.00000529. The maximum Gasteiger partial charge on any atom is 0.422 e. The van der Waals surface area contributed by atoms with Gasteiger partial charge < -0.3 is 15.4 Å². The SMILES string of the molecule is CCCCCNC(=NC)NCc1cccc(OCC(F)(F)F)c1.I. The van der Waals surface area contributed by atoms with Gasteiger partial charge in [0, 0.05) is 20.1 Å². The minimum absolute atomic E-state index is 0. The monoisotopic (exact) mass is 459 g/mol. The number of guanidine groups is 1. The second-order valence-electron chi connectivity index (χ2n) is 5.11. The Hall–Kier alpha value is -1.19. The van der Waals surface area contributed by atoms with E-state index < -0.39 is 12.8 Å². The van der Waals surface area contributed by atoms with Crippen LogP contribution in [-0.2, 0) is 6.54 Å². The Morgan fingerprint density at radius 1 is 1.21 bits per heavy atom. The molecule has 0 saturated heterocycles. The number of rotatable bonds is 8. The van der Waals surface area contributed by atoms with Crippen molar-refractivity contribution >= 4 is 29.9 Å². The number of hydrogen-bond donors (Lipinski definition) is 2. The molecule has 0 fully saturated rings. The highest BCUT2D eigenvalue weighted by atomic mass is 127. The van der Waals surface area contributed by atoms with Gasteiger partial charge in [-0.3, -0.25) is 4.99 Å². The zero-order chi connectivity index (χ0) is 17.1. The second-order valence-corrected chi connectivity index (χ2v) is 5.11. The summed E-state index contributed by atoms with van der Waals surface area (Å²) >= 11 is 0. The number of nitrogens with zero attached hydrogens (tertiary/aromatic N) is 1. The smallest absolute Gasteiger partial charge is 0.422 e. The number of halogens is 4. The number of ether oxygens (including phenoxy) is 1. The lowest BCUT2D eigenvalue weighted by Gasteiger charge is -2.13. The molecule has 0 amide bonds. The summed E-state index contributed by atoms with van der Waals surface area (Å²) in [6.07, 6.45) is -0.961. The standard InChI is InChI=1S/C16H24F3N3O.HI/c1-3-4-5-9-21-15(20-2)22-11-13-7-6-8-14(10-13)23-12-16(17,18)19;/h6-8,10H,3-5,9,11-12H2,1-2H3,(H2,20,21,22);1H. The Morgan fingerprint density at radius 3 is 2.58 bits per heavy atom. The van der Waals surface area contributed by atoms with Crippen LogP contribution in [0.25, 0.3) is 0 Å². The van der Waals surface area contributed by atoms with Crippen LogP contribution in [0.15, 0.2) is 29.3 Å². The van der Waals surface area contributed by atoms with Crippen LogP contribution in [0.1, 0.15) is 31.7 Å². The molecule has 0 bridgehead atoms. The number of aliphatic imine (C=N–C) groups is 1. The zero-order valence-electron chi connectivity index (χ0n) is 13.9. The van der Waals surface area contributed by atoms with E-state index in [2.05, 4.69) is 22.5 Å². The van der Waals surface area contributed by atoms with Crippen LogP contribution in [0, 0.1) is 0 Å². The summed E-state index contributed by atoms with van der Waals surface area (Å²) in [5.74, 6) is 0.871. The lowest BCUT2D eigenvalue weighted by Crippen LogP contribution is -2.37. The predicted molar refractivity (Wildman–Crippen MR) is 101 cm³/mol. The lowest BCUT2D eigenvalue weighted by molar-refractivity contribution is -0.153. The zero-order valence-corrected chi connectivity index (χ0v) is 16.3. The summed E-state index contributed by atoms with van der Waals surface area (Å²) < 4.78 is 41.2. The molecule has 1 aromatic rings. The van der Waals surface area contributed by atoms with E-state index in [1.165, 1.54) is 6.07 Å². The molecular formula is C16H25F3IN3O.